The number of nitrogen functional groups attached to an aromatic ring is 1. The van der Waals surface area contributed by atoms with Gasteiger partial charge in [-0.1, -0.05) is 36.4 Å². The highest BCUT2D eigenvalue weighted by molar-refractivity contribution is 7.21. The molecule has 0 aliphatic carbocycles. The lowest BCUT2D eigenvalue weighted by atomic mass is 9.95. The monoisotopic (exact) mass is 725 g/mol. The lowest BCUT2D eigenvalue weighted by Crippen LogP contribution is -2.47. The highest BCUT2D eigenvalue weighted by Crippen LogP contribution is 2.44. The number of rotatable bonds is 9. The van der Waals surface area contributed by atoms with Crippen LogP contribution >= 0.6 is 22.9 Å². The van der Waals surface area contributed by atoms with Crippen molar-refractivity contribution in [1.29, 1.82) is 5.26 Å². The number of carbonyl (C=O) groups is 1. The molecule has 0 spiro atoms. The predicted octanol–water partition coefficient (Wildman–Crippen LogP) is 5.99. The normalized spacial score (nSPS) is 23.5. The zero-order valence-corrected chi connectivity index (χ0v) is 29.3. The number of hydrogen-bond donors (Lipinski definition) is 1. The lowest BCUT2D eigenvalue weighted by Gasteiger charge is -2.36. The van der Waals surface area contributed by atoms with Crippen molar-refractivity contribution in [3.8, 4) is 23.3 Å². The second-order valence-electron chi connectivity index (χ2n) is 13.1. The minimum atomic E-state index is -0.964. The van der Waals surface area contributed by atoms with E-state index in [9.17, 15) is 18.8 Å². The van der Waals surface area contributed by atoms with Crippen LogP contribution in [-0.4, -0.2) is 82.3 Å². The molecule has 2 N–H and O–H groups in total. The molecule has 4 unspecified atom stereocenters. The molecule has 1 amide bonds. The molecule has 262 valence electrons. The van der Waals surface area contributed by atoms with E-state index in [1.807, 2.05) is 24.9 Å². The van der Waals surface area contributed by atoms with Gasteiger partial charge in [-0.3, -0.25) is 9.69 Å². The van der Waals surface area contributed by atoms with Gasteiger partial charge in [-0.2, -0.15) is 9.97 Å². The van der Waals surface area contributed by atoms with E-state index in [4.69, 9.17) is 27.1 Å². The Morgan fingerprint density at radius 1 is 1.34 bits per heavy atom. The van der Waals surface area contributed by atoms with Crippen LogP contribution in [0.3, 0.4) is 0 Å². The molecule has 5 heterocycles. The third-order valence-corrected chi connectivity index (χ3v) is 11.9. The molecule has 50 heavy (non-hydrogen) atoms. The van der Waals surface area contributed by atoms with Crippen LogP contribution in [-0.2, 0) is 4.79 Å². The van der Waals surface area contributed by atoms with Crippen molar-refractivity contribution >= 4 is 60.9 Å². The standard InChI is InChI=1S/C35H36ClF3N8O2S/c1-4-24-25(10-13-46(24)26(48)5-2)45(6-3)32-21-14-22(36)27(20-8-9-23(38)31-30(20)47(18-40)33(41)50-31)28(39)29(21)42-34(43-32)49-17-35-11-7-12-44(35)16-19(37)15-35/h5,8-9,14,19,24-25,41H,2,4,6-7,10-13,15-17H2,1,3H3/p+1. The summed E-state index contributed by atoms with van der Waals surface area (Å²) in [7, 11) is 0. The van der Waals surface area contributed by atoms with Crippen LogP contribution < -0.4 is 19.9 Å². The maximum absolute atomic E-state index is 17.2. The number of aromatic nitrogens is 3. The van der Waals surface area contributed by atoms with Crippen LogP contribution in [0.2, 0.25) is 5.02 Å². The number of nitriles is 1. The number of likely N-dealkylation sites (N-methyl/N-ethyl adjacent to an activating group) is 1. The van der Waals surface area contributed by atoms with Gasteiger partial charge in [-0.15, -0.1) is 4.57 Å². The van der Waals surface area contributed by atoms with Crippen molar-refractivity contribution in [3.63, 3.8) is 0 Å². The molecule has 0 saturated carbocycles. The van der Waals surface area contributed by atoms with Gasteiger partial charge < -0.3 is 20.3 Å². The van der Waals surface area contributed by atoms with Crippen LogP contribution in [0, 0.1) is 23.1 Å². The first-order valence-electron chi connectivity index (χ1n) is 16.8. The first-order chi connectivity index (χ1) is 24.0. The second kappa shape index (κ2) is 13.2. The molecule has 3 aliphatic heterocycles. The Kier molecular flexibility index (Phi) is 9.03. The van der Waals surface area contributed by atoms with Gasteiger partial charge in [0.05, 0.1) is 22.6 Å². The molecule has 2 aromatic carbocycles. The molecule has 10 nitrogen and oxygen atoms in total. The number of likely N-dealkylation sites (tertiary alicyclic amines) is 1. The molecule has 0 radical (unpaired) electrons. The number of carbonyl (C=O) groups excluding carboxylic acids is 1. The van der Waals surface area contributed by atoms with E-state index in [2.05, 4.69) is 16.5 Å². The number of thiazole rings is 1. The average Bonchev–Trinajstić information content (AvgIpc) is 3.86. The highest BCUT2D eigenvalue weighted by Gasteiger charge is 2.49. The average molecular weight is 726 g/mol. The van der Waals surface area contributed by atoms with Crippen LogP contribution in [0.1, 0.15) is 46.0 Å². The minimum Gasteiger partial charge on any atom is -0.461 e. The highest BCUT2D eigenvalue weighted by atomic mass is 35.5. The Hall–Kier alpha value is -4.19. The maximum Gasteiger partial charge on any atom is 0.376 e. The molecule has 2 aromatic heterocycles. The van der Waals surface area contributed by atoms with Gasteiger partial charge >= 0.3 is 12.2 Å². The largest absolute Gasteiger partial charge is 0.461 e. The van der Waals surface area contributed by atoms with Crippen molar-refractivity contribution in [1.82, 2.24) is 19.8 Å². The van der Waals surface area contributed by atoms with Gasteiger partial charge in [0.2, 0.25) is 5.91 Å². The van der Waals surface area contributed by atoms with Crippen LogP contribution in [0.4, 0.5) is 24.1 Å². The Bertz CT molecular complexity index is 2070. The van der Waals surface area contributed by atoms with Crippen LogP contribution in [0.25, 0.3) is 32.2 Å². The lowest BCUT2D eigenvalue weighted by molar-refractivity contribution is -0.536. The topological polar surface area (TPSA) is 115 Å². The fourth-order valence-corrected chi connectivity index (χ4v) is 9.58. The number of alkyl halides is 1. The van der Waals surface area contributed by atoms with E-state index in [0.29, 0.717) is 50.1 Å². The van der Waals surface area contributed by atoms with E-state index < -0.39 is 23.3 Å². The molecule has 3 saturated heterocycles. The third-order valence-electron chi connectivity index (χ3n) is 10.6. The SMILES string of the molecule is C=CC(=O)N1CCC(N(CC)c2nc(OCC34CCCN3CC(F)C4)nc3c(F)c(-c4ccc(F)c5sc(N)[n+](C#N)c45)c(Cl)cc23)C1CC. The zero-order valence-electron chi connectivity index (χ0n) is 27.8. The van der Waals surface area contributed by atoms with Crippen molar-refractivity contribution in [2.75, 3.05) is 43.4 Å². The molecule has 7 rings (SSSR count). The number of nitrogens with two attached hydrogens (primary N) is 1. The fourth-order valence-electron chi connectivity index (χ4n) is 8.39. The van der Waals surface area contributed by atoms with E-state index in [0.717, 1.165) is 35.3 Å². The first-order valence-corrected chi connectivity index (χ1v) is 18.0. The summed E-state index contributed by atoms with van der Waals surface area (Å²) < 4.78 is 54.1. The van der Waals surface area contributed by atoms with E-state index in [1.54, 1.807) is 11.0 Å². The predicted molar refractivity (Wildman–Crippen MR) is 187 cm³/mol. The Morgan fingerprint density at radius 3 is 2.86 bits per heavy atom. The Morgan fingerprint density at radius 2 is 2.14 bits per heavy atom. The van der Waals surface area contributed by atoms with Gasteiger partial charge in [0.1, 0.15) is 40.1 Å². The number of hydrogen-bond acceptors (Lipinski definition) is 9. The summed E-state index contributed by atoms with van der Waals surface area (Å²) in [5.41, 5.74) is 5.62. The van der Waals surface area contributed by atoms with Gasteiger partial charge in [0, 0.05) is 47.8 Å². The molecule has 4 aromatic rings. The number of amides is 1. The minimum absolute atomic E-state index is 0.00547. The molecular formula is C35H37ClF3N8O2S+. The smallest absolute Gasteiger partial charge is 0.376 e. The van der Waals surface area contributed by atoms with E-state index in [-0.39, 0.29) is 67.6 Å². The van der Waals surface area contributed by atoms with Crippen molar-refractivity contribution < 1.29 is 27.3 Å². The molecule has 3 fully saturated rings. The molecule has 15 heteroatoms. The van der Waals surface area contributed by atoms with Crippen molar-refractivity contribution in [2.24, 2.45) is 0 Å². The van der Waals surface area contributed by atoms with E-state index in [1.165, 1.54) is 18.2 Å². The number of halogens is 4. The number of benzene rings is 2. The summed E-state index contributed by atoms with van der Waals surface area (Å²) >= 11 is 7.77. The van der Waals surface area contributed by atoms with Gasteiger partial charge in [-0.25, -0.2) is 13.2 Å². The number of anilines is 2. The third kappa shape index (κ3) is 5.41. The molecule has 3 aliphatic rings. The Labute approximate surface area is 296 Å². The van der Waals surface area contributed by atoms with Crippen molar-refractivity contribution in [2.45, 2.75) is 69.7 Å². The summed E-state index contributed by atoms with van der Waals surface area (Å²) in [6, 6.07) is 3.70. The number of ether oxygens (including phenoxy) is 1. The number of nitrogens with zero attached hydrogens (tertiary/aromatic N) is 7. The second-order valence-corrected chi connectivity index (χ2v) is 14.6. The van der Waals surface area contributed by atoms with Crippen molar-refractivity contribution in [3.05, 3.63) is 47.5 Å². The summed E-state index contributed by atoms with van der Waals surface area (Å²) in [6.07, 6.45) is 5.61. The number of fused-ring (bicyclic) bond motifs is 3. The molecule has 0 bridgehead atoms. The zero-order chi connectivity index (χ0) is 35.5. The molecular weight excluding hydrogens is 689 g/mol. The fraction of sp³-hybridized carbons (Fsp3) is 0.457. The van der Waals surface area contributed by atoms with Gasteiger partial charge in [0.15, 0.2) is 5.82 Å². The maximum atomic E-state index is 17.2. The first kappa shape index (κ1) is 34.3. The Balaban J connectivity index is 1.41. The summed E-state index contributed by atoms with van der Waals surface area (Å²) in [6.45, 7) is 9.86. The molecule has 4 atom stereocenters. The van der Waals surface area contributed by atoms with E-state index >= 15 is 4.39 Å². The van der Waals surface area contributed by atoms with Gasteiger partial charge in [0.25, 0.3) is 5.13 Å². The van der Waals surface area contributed by atoms with Crippen LogP contribution in [0.5, 0.6) is 6.01 Å². The summed E-state index contributed by atoms with van der Waals surface area (Å²) in [5, 5.41) is 10.2. The summed E-state index contributed by atoms with van der Waals surface area (Å²) in [5.74, 6) is -1.21. The van der Waals surface area contributed by atoms with Crippen LogP contribution in [0.15, 0.2) is 30.9 Å². The van der Waals surface area contributed by atoms with Gasteiger partial charge in [-0.05, 0) is 63.4 Å². The quantitative estimate of drug-likeness (QED) is 0.165. The summed E-state index contributed by atoms with van der Waals surface area (Å²) in [4.78, 5) is 28.2.